The van der Waals surface area contributed by atoms with Crippen molar-refractivity contribution in [1.29, 1.82) is 0 Å². The zero-order valence-electron chi connectivity index (χ0n) is 8.08. The second-order valence-corrected chi connectivity index (χ2v) is 4.38. The van der Waals surface area contributed by atoms with Gasteiger partial charge in [-0.1, -0.05) is 13.3 Å². The molecule has 1 unspecified atom stereocenters. The van der Waals surface area contributed by atoms with E-state index in [2.05, 4.69) is 17.2 Å². The van der Waals surface area contributed by atoms with Crippen LogP contribution in [0.15, 0.2) is 16.4 Å². The fourth-order valence-corrected chi connectivity index (χ4v) is 2.66. The van der Waals surface area contributed by atoms with E-state index in [-0.39, 0.29) is 0 Å². The van der Waals surface area contributed by atoms with Crippen molar-refractivity contribution in [2.24, 2.45) is 16.5 Å². The summed E-state index contributed by atoms with van der Waals surface area (Å²) < 4.78 is 0. The number of guanidine groups is 1. The molecule has 76 valence electrons. The predicted molar refractivity (Wildman–Crippen MR) is 60.3 cm³/mol. The molecule has 1 aromatic heterocycles. The van der Waals surface area contributed by atoms with Crippen molar-refractivity contribution in [2.75, 3.05) is 5.32 Å². The van der Waals surface area contributed by atoms with Crippen LogP contribution in [-0.2, 0) is 5.66 Å². The monoisotopic (exact) mass is 210 g/mol. The van der Waals surface area contributed by atoms with Gasteiger partial charge in [-0.25, -0.2) is 4.99 Å². The molecule has 2 rings (SSSR count). The smallest absolute Gasteiger partial charge is 0.195 e. The Kier molecular flexibility index (Phi) is 2.20. The molecular weight excluding hydrogens is 196 g/mol. The largest absolute Gasteiger partial charge is 0.370 e. The van der Waals surface area contributed by atoms with Crippen LogP contribution in [0, 0.1) is 0 Å². The molecule has 0 amide bonds. The van der Waals surface area contributed by atoms with Gasteiger partial charge in [-0.3, -0.25) is 0 Å². The summed E-state index contributed by atoms with van der Waals surface area (Å²) in [4.78, 5) is 5.37. The number of nitrogens with two attached hydrogens (primary N) is 2. The van der Waals surface area contributed by atoms with Crippen LogP contribution < -0.4 is 16.8 Å². The zero-order chi connectivity index (χ0) is 10.2. The molecule has 1 aliphatic rings. The first-order chi connectivity index (χ1) is 6.65. The van der Waals surface area contributed by atoms with Gasteiger partial charge < -0.3 is 16.8 Å². The van der Waals surface area contributed by atoms with E-state index in [4.69, 9.17) is 11.5 Å². The van der Waals surface area contributed by atoms with Crippen molar-refractivity contribution in [3.63, 3.8) is 0 Å². The highest BCUT2D eigenvalue weighted by atomic mass is 32.1. The number of hydrogen-bond donors (Lipinski definition) is 3. The minimum atomic E-state index is -0.617. The molecule has 0 aliphatic carbocycles. The van der Waals surface area contributed by atoms with Gasteiger partial charge in [-0.15, -0.1) is 11.3 Å². The second kappa shape index (κ2) is 3.25. The van der Waals surface area contributed by atoms with Crippen molar-refractivity contribution < 1.29 is 0 Å². The van der Waals surface area contributed by atoms with Crippen LogP contribution in [0.1, 0.15) is 24.6 Å². The van der Waals surface area contributed by atoms with Crippen LogP contribution in [0.2, 0.25) is 0 Å². The highest BCUT2D eigenvalue weighted by Crippen LogP contribution is 2.38. The van der Waals surface area contributed by atoms with E-state index >= 15 is 0 Å². The molecule has 2 heterocycles. The third-order valence-electron chi connectivity index (χ3n) is 2.27. The molecule has 0 aromatic carbocycles. The lowest BCUT2D eigenvalue weighted by atomic mass is 10.0. The summed E-state index contributed by atoms with van der Waals surface area (Å²) in [6.07, 6.45) is 1.81. The van der Waals surface area contributed by atoms with Gasteiger partial charge in [-0.05, 0) is 17.9 Å². The number of rotatable bonds is 2. The maximum atomic E-state index is 6.22. The zero-order valence-corrected chi connectivity index (χ0v) is 8.90. The van der Waals surface area contributed by atoms with Crippen molar-refractivity contribution >= 4 is 23.0 Å². The Labute approximate surface area is 87.0 Å². The number of nitrogens with zero attached hydrogens (tertiary/aromatic N) is 1. The lowest BCUT2D eigenvalue weighted by Crippen LogP contribution is -2.42. The molecule has 5 N–H and O–H groups in total. The topological polar surface area (TPSA) is 76.4 Å². The maximum absolute atomic E-state index is 6.22. The Morgan fingerprint density at radius 1 is 1.64 bits per heavy atom. The summed E-state index contributed by atoms with van der Waals surface area (Å²) in [5.41, 5.74) is 12.3. The summed E-state index contributed by atoms with van der Waals surface area (Å²) in [5, 5.41) is 5.01. The van der Waals surface area contributed by atoms with Gasteiger partial charge in [0.05, 0.1) is 10.6 Å². The Hall–Kier alpha value is -1.07. The molecule has 1 atom stereocenters. The normalized spacial score (nSPS) is 25.1. The van der Waals surface area contributed by atoms with Crippen LogP contribution in [0.4, 0.5) is 5.69 Å². The Balaban J connectivity index is 2.44. The summed E-state index contributed by atoms with van der Waals surface area (Å²) in [6, 6.07) is 1.98. The minimum Gasteiger partial charge on any atom is -0.370 e. The molecule has 0 fully saturated rings. The van der Waals surface area contributed by atoms with Gasteiger partial charge >= 0.3 is 0 Å². The van der Waals surface area contributed by atoms with E-state index < -0.39 is 5.66 Å². The quantitative estimate of drug-likeness (QED) is 0.690. The number of aliphatic imine (C=N–C) groups is 1. The molecule has 0 radical (unpaired) electrons. The lowest BCUT2D eigenvalue weighted by molar-refractivity contribution is 0.431. The molecule has 0 bridgehead atoms. The first-order valence-electron chi connectivity index (χ1n) is 4.65. The van der Waals surface area contributed by atoms with E-state index in [0.29, 0.717) is 5.96 Å². The predicted octanol–water partition coefficient (Wildman–Crippen LogP) is 1.40. The van der Waals surface area contributed by atoms with Crippen LogP contribution in [0.3, 0.4) is 0 Å². The van der Waals surface area contributed by atoms with E-state index in [1.54, 1.807) is 11.3 Å². The number of hydrogen-bond acceptors (Lipinski definition) is 5. The van der Waals surface area contributed by atoms with Gasteiger partial charge in [0.2, 0.25) is 0 Å². The highest BCUT2D eigenvalue weighted by Gasteiger charge is 2.33. The van der Waals surface area contributed by atoms with Gasteiger partial charge in [0.15, 0.2) is 5.96 Å². The molecule has 1 aliphatic heterocycles. The molecule has 4 nitrogen and oxygen atoms in total. The summed E-state index contributed by atoms with van der Waals surface area (Å²) in [7, 11) is 0. The van der Waals surface area contributed by atoms with Crippen LogP contribution in [0.5, 0.6) is 0 Å². The lowest BCUT2D eigenvalue weighted by Gasteiger charge is -2.29. The van der Waals surface area contributed by atoms with E-state index in [0.717, 1.165) is 23.4 Å². The van der Waals surface area contributed by atoms with Gasteiger partial charge in [0.1, 0.15) is 5.66 Å². The first kappa shape index (κ1) is 9.48. The average Bonchev–Trinajstić information content (AvgIpc) is 2.52. The minimum absolute atomic E-state index is 0.409. The van der Waals surface area contributed by atoms with Gasteiger partial charge in [0, 0.05) is 0 Å². The fraction of sp³-hybridized carbons (Fsp3) is 0.444. The fourth-order valence-electron chi connectivity index (χ4n) is 1.73. The van der Waals surface area contributed by atoms with Crippen molar-refractivity contribution in [3.8, 4) is 0 Å². The molecule has 1 aromatic rings. The molecule has 0 saturated heterocycles. The SMILES string of the molecule is CCCC1(N)N=C(N)Nc2ccsc21. The van der Waals surface area contributed by atoms with E-state index in [9.17, 15) is 0 Å². The molecule has 14 heavy (non-hydrogen) atoms. The van der Waals surface area contributed by atoms with E-state index in [1.165, 1.54) is 0 Å². The summed E-state index contributed by atoms with van der Waals surface area (Å²) >= 11 is 1.62. The molecule has 0 spiro atoms. The Bertz CT molecular complexity index is 371. The molecule has 5 heteroatoms. The third-order valence-corrected chi connectivity index (χ3v) is 3.35. The Morgan fingerprint density at radius 2 is 2.43 bits per heavy atom. The maximum Gasteiger partial charge on any atom is 0.195 e. The number of anilines is 1. The first-order valence-corrected chi connectivity index (χ1v) is 5.53. The van der Waals surface area contributed by atoms with Crippen molar-refractivity contribution in [2.45, 2.75) is 25.4 Å². The number of nitrogens with one attached hydrogen (secondary N) is 1. The van der Waals surface area contributed by atoms with Crippen LogP contribution in [0.25, 0.3) is 0 Å². The van der Waals surface area contributed by atoms with Gasteiger partial charge in [0.25, 0.3) is 0 Å². The highest BCUT2D eigenvalue weighted by molar-refractivity contribution is 7.10. The van der Waals surface area contributed by atoms with Gasteiger partial charge in [-0.2, -0.15) is 0 Å². The summed E-state index contributed by atoms with van der Waals surface area (Å²) in [6.45, 7) is 2.09. The number of thiophene rings is 1. The van der Waals surface area contributed by atoms with Crippen LogP contribution >= 0.6 is 11.3 Å². The third kappa shape index (κ3) is 1.38. The van der Waals surface area contributed by atoms with Crippen molar-refractivity contribution in [1.82, 2.24) is 0 Å². The van der Waals surface area contributed by atoms with Crippen LogP contribution in [-0.4, -0.2) is 5.96 Å². The van der Waals surface area contributed by atoms with Crippen molar-refractivity contribution in [3.05, 3.63) is 16.3 Å². The average molecular weight is 210 g/mol. The second-order valence-electron chi connectivity index (χ2n) is 3.46. The molecular formula is C9H14N4S. The standard InChI is InChI=1S/C9H14N4S/c1-2-4-9(11)7-6(3-5-14-7)12-8(10)13-9/h3,5H,2,4,11H2,1H3,(H3,10,12,13). The molecule has 0 saturated carbocycles. The number of fused-ring (bicyclic) bond motifs is 1. The summed E-state index contributed by atoms with van der Waals surface area (Å²) in [5.74, 6) is 0.409. The Morgan fingerprint density at radius 3 is 3.14 bits per heavy atom. The van der Waals surface area contributed by atoms with E-state index in [1.807, 2.05) is 11.4 Å².